The van der Waals surface area contributed by atoms with Crippen LogP contribution in [0.2, 0.25) is 0 Å². The van der Waals surface area contributed by atoms with Gasteiger partial charge in [0.1, 0.15) is 5.82 Å². The minimum Gasteiger partial charge on any atom is -0.368 e. The first-order valence-electron chi connectivity index (χ1n) is 7.27. The summed E-state index contributed by atoms with van der Waals surface area (Å²) in [4.78, 5) is 36.4. The van der Waals surface area contributed by atoms with Crippen molar-refractivity contribution in [2.24, 2.45) is 5.73 Å². The number of amides is 3. The highest BCUT2D eigenvalue weighted by Gasteiger charge is 2.31. The Hall–Kier alpha value is -2.48. The van der Waals surface area contributed by atoms with E-state index in [0.29, 0.717) is 19.6 Å². The lowest BCUT2D eigenvalue weighted by Gasteiger charge is -2.34. The second-order valence-corrected chi connectivity index (χ2v) is 5.35. The molecule has 1 aliphatic heterocycles. The molecule has 1 aromatic rings. The van der Waals surface area contributed by atoms with Gasteiger partial charge in [-0.05, 0) is 17.7 Å². The van der Waals surface area contributed by atoms with Crippen LogP contribution in [0.25, 0.3) is 0 Å². The molecule has 4 N–H and O–H groups in total. The predicted octanol–water partition coefficient (Wildman–Crippen LogP) is -0.882. The number of piperazine rings is 1. The Bertz CT molecular complexity index is 608. The Kier molecular flexibility index (Phi) is 5.64. The van der Waals surface area contributed by atoms with Crippen molar-refractivity contribution in [1.29, 1.82) is 0 Å². The van der Waals surface area contributed by atoms with Crippen molar-refractivity contribution in [2.75, 3.05) is 19.6 Å². The molecule has 1 aromatic carbocycles. The third-order valence-corrected chi connectivity index (χ3v) is 3.55. The lowest BCUT2D eigenvalue weighted by molar-refractivity contribution is -0.134. The predicted molar refractivity (Wildman–Crippen MR) is 80.4 cm³/mol. The van der Waals surface area contributed by atoms with Crippen molar-refractivity contribution < 1.29 is 18.8 Å². The van der Waals surface area contributed by atoms with E-state index >= 15 is 0 Å². The Morgan fingerprint density at radius 2 is 2.22 bits per heavy atom. The molecule has 8 heteroatoms. The summed E-state index contributed by atoms with van der Waals surface area (Å²) >= 11 is 0. The number of halogens is 1. The molecule has 1 heterocycles. The van der Waals surface area contributed by atoms with E-state index in [1.807, 2.05) is 4.90 Å². The SMILES string of the molecule is NC(=O)CNC(=O)C[C@@H]1C(=O)NCCN1Cc1cccc(F)c1. The second kappa shape index (κ2) is 7.68. The first-order valence-corrected chi connectivity index (χ1v) is 7.27. The van der Waals surface area contributed by atoms with Gasteiger partial charge in [-0.1, -0.05) is 12.1 Å². The van der Waals surface area contributed by atoms with E-state index in [1.54, 1.807) is 12.1 Å². The summed E-state index contributed by atoms with van der Waals surface area (Å²) in [5, 5.41) is 5.07. The number of rotatable bonds is 6. The number of benzene rings is 1. The Morgan fingerprint density at radius 1 is 1.43 bits per heavy atom. The van der Waals surface area contributed by atoms with Gasteiger partial charge in [0.2, 0.25) is 17.7 Å². The van der Waals surface area contributed by atoms with Gasteiger partial charge in [0.15, 0.2) is 0 Å². The van der Waals surface area contributed by atoms with E-state index in [-0.39, 0.29) is 24.7 Å². The lowest BCUT2D eigenvalue weighted by Crippen LogP contribution is -2.56. The summed E-state index contributed by atoms with van der Waals surface area (Å²) in [5.41, 5.74) is 5.69. The first kappa shape index (κ1) is 16.9. The van der Waals surface area contributed by atoms with Crippen molar-refractivity contribution in [2.45, 2.75) is 19.0 Å². The molecule has 0 spiro atoms. The summed E-state index contributed by atoms with van der Waals surface area (Å²) in [6.07, 6.45) is -0.0889. The molecule has 3 amide bonds. The fraction of sp³-hybridized carbons (Fsp3) is 0.400. The molecule has 0 aromatic heterocycles. The fourth-order valence-corrected chi connectivity index (χ4v) is 2.48. The number of nitrogens with zero attached hydrogens (tertiary/aromatic N) is 1. The molecule has 0 saturated carbocycles. The average Bonchev–Trinajstić information content (AvgIpc) is 2.49. The molecule has 0 bridgehead atoms. The number of primary amides is 1. The summed E-state index contributed by atoms with van der Waals surface area (Å²) in [7, 11) is 0. The molecule has 1 fully saturated rings. The lowest BCUT2D eigenvalue weighted by atomic mass is 10.1. The molecular weight excluding hydrogens is 303 g/mol. The maximum absolute atomic E-state index is 13.3. The summed E-state index contributed by atoms with van der Waals surface area (Å²) in [5.74, 6) is -1.69. The molecule has 124 valence electrons. The van der Waals surface area contributed by atoms with Crippen LogP contribution >= 0.6 is 0 Å². The number of nitrogens with one attached hydrogen (secondary N) is 2. The van der Waals surface area contributed by atoms with Crippen LogP contribution in [0.3, 0.4) is 0 Å². The quantitative estimate of drug-likeness (QED) is 0.632. The Balaban J connectivity index is 2.02. The van der Waals surface area contributed by atoms with Crippen LogP contribution in [0, 0.1) is 5.82 Å². The van der Waals surface area contributed by atoms with E-state index in [4.69, 9.17) is 5.73 Å². The van der Waals surface area contributed by atoms with Gasteiger partial charge >= 0.3 is 0 Å². The van der Waals surface area contributed by atoms with Crippen LogP contribution in [-0.2, 0) is 20.9 Å². The Morgan fingerprint density at radius 3 is 2.91 bits per heavy atom. The van der Waals surface area contributed by atoms with Gasteiger partial charge in [0.05, 0.1) is 19.0 Å². The molecule has 0 aliphatic carbocycles. The molecule has 23 heavy (non-hydrogen) atoms. The molecule has 7 nitrogen and oxygen atoms in total. The molecule has 1 atom stereocenters. The highest BCUT2D eigenvalue weighted by molar-refractivity contribution is 5.90. The molecule has 0 radical (unpaired) electrons. The van der Waals surface area contributed by atoms with Crippen LogP contribution in [0.1, 0.15) is 12.0 Å². The fourth-order valence-electron chi connectivity index (χ4n) is 2.48. The third kappa shape index (κ3) is 5.03. The zero-order chi connectivity index (χ0) is 16.8. The molecule has 0 unspecified atom stereocenters. The van der Waals surface area contributed by atoms with Gasteiger partial charge in [0.25, 0.3) is 0 Å². The Labute approximate surface area is 133 Å². The zero-order valence-electron chi connectivity index (χ0n) is 12.5. The first-order chi connectivity index (χ1) is 11.0. The third-order valence-electron chi connectivity index (χ3n) is 3.55. The normalized spacial score (nSPS) is 18.3. The maximum Gasteiger partial charge on any atom is 0.237 e. The molecular formula is C15H19FN4O3. The monoisotopic (exact) mass is 322 g/mol. The summed E-state index contributed by atoms with van der Waals surface area (Å²) < 4.78 is 13.3. The van der Waals surface area contributed by atoms with Crippen molar-refractivity contribution in [3.8, 4) is 0 Å². The van der Waals surface area contributed by atoms with Crippen LogP contribution in [-0.4, -0.2) is 48.3 Å². The second-order valence-electron chi connectivity index (χ2n) is 5.35. The van der Waals surface area contributed by atoms with Crippen LogP contribution < -0.4 is 16.4 Å². The van der Waals surface area contributed by atoms with Gasteiger partial charge in [0, 0.05) is 19.6 Å². The standard InChI is InChI=1S/C15H19FN4O3/c16-11-3-1-2-10(6-11)9-20-5-4-18-15(23)12(20)7-14(22)19-8-13(17)21/h1-3,6,12H,4-5,7-9H2,(H2,17,21)(H,18,23)(H,19,22)/t12-/m1/s1. The minimum atomic E-state index is -0.667. The van der Waals surface area contributed by atoms with Crippen LogP contribution in [0.4, 0.5) is 4.39 Å². The largest absolute Gasteiger partial charge is 0.368 e. The number of hydrogen-bond acceptors (Lipinski definition) is 4. The zero-order valence-corrected chi connectivity index (χ0v) is 12.5. The number of hydrogen-bond donors (Lipinski definition) is 3. The van der Waals surface area contributed by atoms with Crippen LogP contribution in [0.15, 0.2) is 24.3 Å². The van der Waals surface area contributed by atoms with Crippen LogP contribution in [0.5, 0.6) is 0 Å². The summed E-state index contributed by atoms with van der Waals surface area (Å²) in [6, 6.07) is 5.45. The van der Waals surface area contributed by atoms with Gasteiger partial charge < -0.3 is 16.4 Å². The number of carbonyl (C=O) groups excluding carboxylic acids is 3. The van der Waals surface area contributed by atoms with Gasteiger partial charge in [-0.25, -0.2) is 4.39 Å². The number of carbonyl (C=O) groups is 3. The van der Waals surface area contributed by atoms with Crippen molar-refractivity contribution in [1.82, 2.24) is 15.5 Å². The molecule has 1 aliphatic rings. The van der Waals surface area contributed by atoms with Crippen molar-refractivity contribution >= 4 is 17.7 Å². The number of nitrogens with two attached hydrogens (primary N) is 1. The van der Waals surface area contributed by atoms with Gasteiger partial charge in [-0.3, -0.25) is 19.3 Å². The van der Waals surface area contributed by atoms with E-state index < -0.39 is 17.9 Å². The van der Waals surface area contributed by atoms with Gasteiger partial charge in [-0.2, -0.15) is 0 Å². The maximum atomic E-state index is 13.3. The van der Waals surface area contributed by atoms with E-state index in [2.05, 4.69) is 10.6 Å². The molecule has 1 saturated heterocycles. The summed E-state index contributed by atoms with van der Waals surface area (Å²) in [6.45, 7) is 1.11. The topological polar surface area (TPSA) is 105 Å². The van der Waals surface area contributed by atoms with E-state index in [1.165, 1.54) is 12.1 Å². The van der Waals surface area contributed by atoms with E-state index in [9.17, 15) is 18.8 Å². The smallest absolute Gasteiger partial charge is 0.237 e. The highest BCUT2D eigenvalue weighted by atomic mass is 19.1. The van der Waals surface area contributed by atoms with E-state index in [0.717, 1.165) is 5.56 Å². The molecule has 2 rings (SSSR count). The average molecular weight is 322 g/mol. The van der Waals surface area contributed by atoms with Crippen molar-refractivity contribution in [3.63, 3.8) is 0 Å². The van der Waals surface area contributed by atoms with Gasteiger partial charge in [-0.15, -0.1) is 0 Å². The highest BCUT2D eigenvalue weighted by Crippen LogP contribution is 2.14. The minimum absolute atomic E-state index is 0.0889. The van der Waals surface area contributed by atoms with Crippen molar-refractivity contribution in [3.05, 3.63) is 35.6 Å².